The van der Waals surface area contributed by atoms with E-state index in [2.05, 4.69) is 24.8 Å². The number of carbonyl (C=O) groups is 1. The molecule has 3 atom stereocenters. The number of anilines is 1. The summed E-state index contributed by atoms with van der Waals surface area (Å²) < 4.78 is 85.8. The molecule has 0 spiro atoms. The average molecular weight is 492 g/mol. The highest BCUT2D eigenvalue weighted by atomic mass is 19.4. The van der Waals surface area contributed by atoms with Crippen LogP contribution >= 0.6 is 0 Å². The van der Waals surface area contributed by atoms with Crippen LogP contribution in [-0.2, 0) is 4.74 Å². The molecule has 1 heterocycles. The van der Waals surface area contributed by atoms with Crippen molar-refractivity contribution in [2.45, 2.75) is 44.1 Å². The van der Waals surface area contributed by atoms with Crippen molar-refractivity contribution in [2.24, 2.45) is 0 Å². The van der Waals surface area contributed by atoms with Crippen molar-refractivity contribution >= 4 is 23.8 Å². The number of aromatic nitrogens is 2. The zero-order valence-electron chi connectivity index (χ0n) is 17.1. The van der Waals surface area contributed by atoms with Gasteiger partial charge in [0.25, 0.3) is 5.91 Å². The number of halogens is 6. The Morgan fingerprint density at radius 3 is 2.53 bits per heavy atom. The second-order valence-electron chi connectivity index (χ2n) is 7.26. The van der Waals surface area contributed by atoms with Gasteiger partial charge in [-0.15, -0.1) is 13.2 Å². The van der Waals surface area contributed by atoms with Gasteiger partial charge in [-0.1, -0.05) is 0 Å². The normalized spacial score (nSPS) is 21.1. The van der Waals surface area contributed by atoms with Crippen molar-refractivity contribution in [3.63, 3.8) is 0 Å². The standard InChI is InChI=1S/C20H18F6N4O4/c21-13(3-9-7-28-19(27)29-8-9)12-4-10(1-2-16(12)33-18(22)23)17(32)30-14-5-11(6-15(14)31)34-20(24,25)26/h1-4,7-8,11,14-15,18,31H,5-6H2,(H,30,32)(H2,27,28,29)/b13-3-/t11-,14-,15-/m0/s1. The average Bonchev–Trinajstić information content (AvgIpc) is 3.06. The number of amides is 1. The van der Waals surface area contributed by atoms with Gasteiger partial charge >= 0.3 is 13.0 Å². The SMILES string of the molecule is Nc1ncc(/C=C(\F)c2cc(C(=O)N[C@H]3C[C@H](OC(F)(F)F)C[C@@H]3O)ccc2OC(F)F)cn1. The minimum Gasteiger partial charge on any atom is -0.434 e. The maximum atomic E-state index is 14.9. The van der Waals surface area contributed by atoms with Crippen LogP contribution in [0.25, 0.3) is 11.9 Å². The van der Waals surface area contributed by atoms with Gasteiger partial charge in [0.15, 0.2) is 0 Å². The lowest BCUT2D eigenvalue weighted by Gasteiger charge is -2.17. The third-order valence-corrected chi connectivity index (χ3v) is 4.80. The molecule has 1 saturated carbocycles. The molecule has 0 saturated heterocycles. The van der Waals surface area contributed by atoms with E-state index < -0.39 is 54.3 Å². The van der Waals surface area contributed by atoms with Crippen molar-refractivity contribution in [1.29, 1.82) is 0 Å². The number of aliphatic hydroxyl groups excluding tert-OH is 1. The molecular weight excluding hydrogens is 474 g/mol. The molecule has 1 fully saturated rings. The lowest BCUT2D eigenvalue weighted by atomic mass is 10.1. The van der Waals surface area contributed by atoms with Crippen LogP contribution in [0.1, 0.15) is 34.3 Å². The Morgan fingerprint density at radius 2 is 1.91 bits per heavy atom. The molecule has 1 aliphatic carbocycles. The van der Waals surface area contributed by atoms with Gasteiger partial charge < -0.3 is 20.9 Å². The van der Waals surface area contributed by atoms with Crippen LogP contribution in [0.4, 0.5) is 32.3 Å². The number of rotatable bonds is 7. The Hall–Kier alpha value is -3.39. The van der Waals surface area contributed by atoms with E-state index in [4.69, 9.17) is 5.73 Å². The molecule has 34 heavy (non-hydrogen) atoms. The van der Waals surface area contributed by atoms with Gasteiger partial charge in [0.05, 0.1) is 23.8 Å². The monoisotopic (exact) mass is 492 g/mol. The molecule has 8 nitrogen and oxygen atoms in total. The number of nitrogens with one attached hydrogen (secondary N) is 1. The number of hydrogen-bond donors (Lipinski definition) is 3. The first-order chi connectivity index (χ1) is 15.9. The topological polar surface area (TPSA) is 120 Å². The number of ether oxygens (including phenoxy) is 2. The van der Waals surface area contributed by atoms with Gasteiger partial charge in [-0.25, -0.2) is 14.4 Å². The fraction of sp³-hybridized carbons (Fsp3) is 0.350. The van der Waals surface area contributed by atoms with Crippen molar-refractivity contribution in [2.75, 3.05) is 5.73 Å². The van der Waals surface area contributed by atoms with E-state index in [1.54, 1.807) is 0 Å². The van der Waals surface area contributed by atoms with Gasteiger partial charge in [-0.2, -0.15) is 8.78 Å². The molecule has 0 bridgehead atoms. The van der Waals surface area contributed by atoms with E-state index >= 15 is 0 Å². The summed E-state index contributed by atoms with van der Waals surface area (Å²) in [5.74, 6) is -2.60. The van der Waals surface area contributed by atoms with E-state index in [0.29, 0.717) is 0 Å². The largest absolute Gasteiger partial charge is 0.522 e. The minimum absolute atomic E-state index is 0.0741. The fourth-order valence-corrected chi connectivity index (χ4v) is 3.37. The highest BCUT2D eigenvalue weighted by Crippen LogP contribution is 2.32. The number of hydrogen-bond acceptors (Lipinski definition) is 7. The molecule has 1 aromatic heterocycles. The predicted octanol–water partition coefficient (Wildman–Crippen LogP) is 3.29. The van der Waals surface area contributed by atoms with Crippen molar-refractivity contribution < 1.29 is 45.7 Å². The Balaban J connectivity index is 1.82. The number of nitrogens with zero attached hydrogens (tertiary/aromatic N) is 2. The summed E-state index contributed by atoms with van der Waals surface area (Å²) in [6.45, 7) is -3.29. The van der Waals surface area contributed by atoms with Crippen LogP contribution < -0.4 is 15.8 Å². The van der Waals surface area contributed by atoms with Crippen molar-refractivity contribution in [1.82, 2.24) is 15.3 Å². The number of benzene rings is 1. The molecule has 0 aliphatic heterocycles. The van der Waals surface area contributed by atoms with E-state index in [1.807, 2.05) is 0 Å². The molecule has 1 amide bonds. The Morgan fingerprint density at radius 1 is 1.24 bits per heavy atom. The van der Waals surface area contributed by atoms with Crippen molar-refractivity contribution in [3.05, 3.63) is 47.3 Å². The molecule has 1 aromatic carbocycles. The fourth-order valence-electron chi connectivity index (χ4n) is 3.37. The number of aliphatic hydroxyl groups is 1. The second kappa shape index (κ2) is 10.3. The molecule has 0 radical (unpaired) electrons. The Labute approximate surface area is 188 Å². The lowest BCUT2D eigenvalue weighted by Crippen LogP contribution is -2.40. The van der Waals surface area contributed by atoms with Gasteiger partial charge in [0.1, 0.15) is 11.6 Å². The van der Waals surface area contributed by atoms with Gasteiger partial charge in [-0.3, -0.25) is 9.53 Å². The zero-order chi connectivity index (χ0) is 25.0. The van der Waals surface area contributed by atoms with Crippen LogP contribution in [-0.4, -0.2) is 52.2 Å². The van der Waals surface area contributed by atoms with Gasteiger partial charge in [0, 0.05) is 29.9 Å². The molecule has 14 heteroatoms. The predicted molar refractivity (Wildman–Crippen MR) is 106 cm³/mol. The number of nitrogens with two attached hydrogens (primary N) is 1. The molecule has 1 aliphatic rings. The third-order valence-electron chi connectivity index (χ3n) is 4.80. The maximum absolute atomic E-state index is 14.9. The first-order valence-electron chi connectivity index (χ1n) is 9.68. The van der Waals surface area contributed by atoms with E-state index in [0.717, 1.165) is 24.3 Å². The Kier molecular flexibility index (Phi) is 7.61. The molecule has 184 valence electrons. The Bertz CT molecular complexity index is 1050. The second-order valence-corrected chi connectivity index (χ2v) is 7.26. The molecular formula is C20H18F6N4O4. The maximum Gasteiger partial charge on any atom is 0.522 e. The van der Waals surface area contributed by atoms with E-state index in [1.165, 1.54) is 12.4 Å². The summed E-state index contributed by atoms with van der Waals surface area (Å²) >= 11 is 0. The summed E-state index contributed by atoms with van der Waals surface area (Å²) in [6.07, 6.45) is -5.03. The third kappa shape index (κ3) is 6.81. The van der Waals surface area contributed by atoms with Crippen LogP contribution in [0.2, 0.25) is 0 Å². The van der Waals surface area contributed by atoms with Crippen molar-refractivity contribution in [3.8, 4) is 5.75 Å². The van der Waals surface area contributed by atoms with Crippen LogP contribution in [0.3, 0.4) is 0 Å². The molecule has 4 N–H and O–H groups in total. The molecule has 3 rings (SSSR count). The summed E-state index contributed by atoms with van der Waals surface area (Å²) in [6, 6.07) is 1.83. The summed E-state index contributed by atoms with van der Waals surface area (Å²) in [5.41, 5.74) is 4.76. The minimum atomic E-state index is -4.90. The summed E-state index contributed by atoms with van der Waals surface area (Å²) in [5, 5.41) is 12.3. The highest BCUT2D eigenvalue weighted by Gasteiger charge is 2.41. The van der Waals surface area contributed by atoms with E-state index in [9.17, 15) is 36.2 Å². The zero-order valence-corrected chi connectivity index (χ0v) is 17.1. The van der Waals surface area contributed by atoms with Crippen LogP contribution in [0.5, 0.6) is 5.75 Å². The molecule has 2 aromatic rings. The van der Waals surface area contributed by atoms with Gasteiger partial charge in [0.2, 0.25) is 5.95 Å². The highest BCUT2D eigenvalue weighted by molar-refractivity contribution is 5.96. The van der Waals surface area contributed by atoms with Crippen LogP contribution in [0.15, 0.2) is 30.6 Å². The number of nitrogen functional groups attached to an aromatic ring is 1. The number of carbonyl (C=O) groups excluding carboxylic acids is 1. The quantitative estimate of drug-likeness (QED) is 0.508. The summed E-state index contributed by atoms with van der Waals surface area (Å²) in [4.78, 5) is 19.9. The first kappa shape index (κ1) is 25.2. The number of alkyl halides is 5. The summed E-state index contributed by atoms with van der Waals surface area (Å²) in [7, 11) is 0. The first-order valence-corrected chi connectivity index (χ1v) is 9.68. The molecule has 0 unspecified atom stereocenters. The van der Waals surface area contributed by atoms with E-state index in [-0.39, 0.29) is 29.9 Å². The smallest absolute Gasteiger partial charge is 0.434 e. The lowest BCUT2D eigenvalue weighted by molar-refractivity contribution is -0.342. The van der Waals surface area contributed by atoms with Gasteiger partial charge in [-0.05, 0) is 30.7 Å². The van der Waals surface area contributed by atoms with Crippen LogP contribution in [0, 0.1) is 0 Å².